The number of halogens is 1. The summed E-state index contributed by atoms with van der Waals surface area (Å²) < 4.78 is 13.0. The van der Waals surface area contributed by atoms with Gasteiger partial charge in [0.15, 0.2) is 0 Å². The number of aromatic nitrogens is 1. The summed E-state index contributed by atoms with van der Waals surface area (Å²) in [5.74, 6) is -0.397. The van der Waals surface area contributed by atoms with Gasteiger partial charge in [-0.15, -0.1) is 0 Å². The normalized spacial score (nSPS) is 14.8. The van der Waals surface area contributed by atoms with Crippen LogP contribution < -0.4 is 0 Å². The van der Waals surface area contributed by atoms with Crippen molar-refractivity contribution in [2.24, 2.45) is 0 Å². The quantitative estimate of drug-likeness (QED) is 0.753. The highest BCUT2D eigenvalue weighted by Gasteiger charge is 2.23. The molecule has 0 spiro atoms. The van der Waals surface area contributed by atoms with Gasteiger partial charge < -0.3 is 5.11 Å². The molecule has 1 atom stereocenters. The Bertz CT molecular complexity index is 325. The van der Waals surface area contributed by atoms with Gasteiger partial charge in [-0.25, -0.2) is 4.39 Å². The Labute approximate surface area is 96.5 Å². The lowest BCUT2D eigenvalue weighted by Crippen LogP contribution is -2.21. The smallest absolute Gasteiger partial charge is 0.141 e. The first-order valence-corrected chi connectivity index (χ1v) is 5.89. The molecule has 0 fully saturated rings. The summed E-state index contributed by atoms with van der Waals surface area (Å²) in [6, 6.07) is 1.35. The second-order valence-corrected chi connectivity index (χ2v) is 4.48. The molecule has 1 aromatic rings. The second-order valence-electron chi connectivity index (χ2n) is 4.48. The third-order valence-electron chi connectivity index (χ3n) is 2.84. The number of rotatable bonds is 6. The van der Waals surface area contributed by atoms with Crippen molar-refractivity contribution in [1.82, 2.24) is 4.98 Å². The zero-order valence-electron chi connectivity index (χ0n) is 10.0. The molecule has 0 amide bonds. The number of pyridine rings is 1. The fourth-order valence-electron chi connectivity index (χ4n) is 1.75. The van der Waals surface area contributed by atoms with Crippen LogP contribution in [0.2, 0.25) is 0 Å². The fourth-order valence-corrected chi connectivity index (χ4v) is 1.75. The van der Waals surface area contributed by atoms with Gasteiger partial charge in [-0.3, -0.25) is 4.98 Å². The molecule has 0 aliphatic rings. The van der Waals surface area contributed by atoms with Crippen LogP contribution in [0.3, 0.4) is 0 Å². The van der Waals surface area contributed by atoms with E-state index in [1.165, 1.54) is 25.1 Å². The van der Waals surface area contributed by atoms with Crippen molar-refractivity contribution in [2.75, 3.05) is 0 Å². The Morgan fingerprint density at radius 1 is 1.31 bits per heavy atom. The van der Waals surface area contributed by atoms with E-state index < -0.39 is 11.4 Å². The lowest BCUT2D eigenvalue weighted by atomic mass is 9.91. The standard InChI is InChI=1S/C13H20FNO/c1-3-4-5-6-7-13(2,16)11-8-12(14)10-15-9-11/h8-10,16H,3-7H2,1-2H3. The predicted molar refractivity (Wildman–Crippen MR) is 62.5 cm³/mol. The largest absolute Gasteiger partial charge is 0.385 e. The van der Waals surface area contributed by atoms with E-state index in [4.69, 9.17) is 0 Å². The Hall–Kier alpha value is -0.960. The van der Waals surface area contributed by atoms with E-state index in [1.54, 1.807) is 6.92 Å². The lowest BCUT2D eigenvalue weighted by Gasteiger charge is -2.23. The third kappa shape index (κ3) is 3.89. The molecule has 0 aromatic carbocycles. The highest BCUT2D eigenvalue weighted by atomic mass is 19.1. The molecular weight excluding hydrogens is 205 g/mol. The average Bonchev–Trinajstić information content (AvgIpc) is 2.24. The Kier molecular flexibility index (Phi) is 4.87. The minimum absolute atomic E-state index is 0.397. The number of hydrogen-bond donors (Lipinski definition) is 1. The van der Waals surface area contributed by atoms with Gasteiger partial charge in [-0.1, -0.05) is 32.6 Å². The van der Waals surface area contributed by atoms with E-state index >= 15 is 0 Å². The molecule has 1 aromatic heterocycles. The van der Waals surface area contributed by atoms with E-state index in [2.05, 4.69) is 11.9 Å². The first-order valence-electron chi connectivity index (χ1n) is 5.89. The predicted octanol–water partition coefficient (Wildman–Crippen LogP) is 3.40. The maximum absolute atomic E-state index is 13.0. The monoisotopic (exact) mass is 225 g/mol. The van der Waals surface area contributed by atoms with E-state index in [-0.39, 0.29) is 0 Å². The molecule has 0 saturated carbocycles. The summed E-state index contributed by atoms with van der Waals surface area (Å²) in [6.45, 7) is 3.87. The molecule has 0 radical (unpaired) electrons. The van der Waals surface area contributed by atoms with Gasteiger partial charge in [-0.05, 0) is 19.4 Å². The molecule has 16 heavy (non-hydrogen) atoms. The second kappa shape index (κ2) is 5.94. The molecule has 90 valence electrons. The number of aliphatic hydroxyl groups is 1. The van der Waals surface area contributed by atoms with Crippen molar-refractivity contribution in [3.05, 3.63) is 29.8 Å². The summed E-state index contributed by atoms with van der Waals surface area (Å²) in [5.41, 5.74) is -0.410. The molecule has 3 heteroatoms. The molecule has 1 heterocycles. The summed E-state index contributed by atoms with van der Waals surface area (Å²) >= 11 is 0. The van der Waals surface area contributed by atoms with Crippen LogP contribution in [-0.2, 0) is 5.60 Å². The molecule has 0 aliphatic carbocycles. The van der Waals surface area contributed by atoms with Crippen LogP contribution in [-0.4, -0.2) is 10.1 Å². The highest BCUT2D eigenvalue weighted by molar-refractivity contribution is 5.17. The third-order valence-corrected chi connectivity index (χ3v) is 2.84. The van der Waals surface area contributed by atoms with Gasteiger partial charge in [0.05, 0.1) is 11.8 Å². The van der Waals surface area contributed by atoms with Crippen molar-refractivity contribution in [3.8, 4) is 0 Å². The lowest BCUT2D eigenvalue weighted by molar-refractivity contribution is 0.0442. The summed E-state index contributed by atoms with van der Waals surface area (Å²) in [7, 11) is 0. The van der Waals surface area contributed by atoms with Crippen molar-refractivity contribution in [1.29, 1.82) is 0 Å². The van der Waals surface area contributed by atoms with E-state index in [0.717, 1.165) is 19.0 Å². The maximum atomic E-state index is 13.0. The SMILES string of the molecule is CCCCCCC(C)(O)c1cncc(F)c1. The van der Waals surface area contributed by atoms with Gasteiger partial charge in [0.25, 0.3) is 0 Å². The van der Waals surface area contributed by atoms with E-state index in [0.29, 0.717) is 12.0 Å². The van der Waals surface area contributed by atoms with Crippen LogP contribution in [0.4, 0.5) is 4.39 Å². The summed E-state index contributed by atoms with van der Waals surface area (Å²) in [5, 5.41) is 10.2. The van der Waals surface area contributed by atoms with Crippen LogP contribution in [0.1, 0.15) is 51.5 Å². The minimum atomic E-state index is -0.969. The number of hydrogen-bond acceptors (Lipinski definition) is 2. The molecule has 1 rings (SSSR count). The minimum Gasteiger partial charge on any atom is -0.385 e. The van der Waals surface area contributed by atoms with Crippen LogP contribution in [0.15, 0.2) is 18.5 Å². The van der Waals surface area contributed by atoms with Crippen LogP contribution in [0, 0.1) is 5.82 Å². The van der Waals surface area contributed by atoms with Crippen molar-refractivity contribution in [3.63, 3.8) is 0 Å². The Morgan fingerprint density at radius 3 is 2.69 bits per heavy atom. The summed E-state index contributed by atoms with van der Waals surface area (Å²) in [4.78, 5) is 3.76. The van der Waals surface area contributed by atoms with Gasteiger partial charge in [0.2, 0.25) is 0 Å². The first kappa shape index (κ1) is 13.1. The molecule has 0 bridgehead atoms. The molecular formula is C13H20FNO. The zero-order chi connectivity index (χ0) is 12.0. The molecule has 0 aliphatic heterocycles. The topological polar surface area (TPSA) is 33.1 Å². The average molecular weight is 225 g/mol. The number of nitrogens with zero attached hydrogens (tertiary/aromatic N) is 1. The van der Waals surface area contributed by atoms with Crippen molar-refractivity contribution < 1.29 is 9.50 Å². The van der Waals surface area contributed by atoms with Crippen molar-refractivity contribution >= 4 is 0 Å². The van der Waals surface area contributed by atoms with Gasteiger partial charge in [0, 0.05) is 11.8 Å². The van der Waals surface area contributed by atoms with Gasteiger partial charge >= 0.3 is 0 Å². The van der Waals surface area contributed by atoms with E-state index in [1.807, 2.05) is 0 Å². The van der Waals surface area contributed by atoms with E-state index in [9.17, 15) is 9.50 Å². The Balaban J connectivity index is 2.55. The first-order chi connectivity index (χ1) is 7.56. The van der Waals surface area contributed by atoms with Crippen LogP contribution >= 0.6 is 0 Å². The summed E-state index contributed by atoms with van der Waals surface area (Å²) in [6.07, 6.45) is 7.74. The molecule has 2 nitrogen and oxygen atoms in total. The van der Waals surface area contributed by atoms with Gasteiger partial charge in [-0.2, -0.15) is 0 Å². The van der Waals surface area contributed by atoms with Crippen molar-refractivity contribution in [2.45, 2.75) is 51.6 Å². The molecule has 0 saturated heterocycles. The van der Waals surface area contributed by atoms with Gasteiger partial charge in [0.1, 0.15) is 5.82 Å². The molecule has 1 unspecified atom stereocenters. The van der Waals surface area contributed by atoms with Crippen LogP contribution in [0.25, 0.3) is 0 Å². The zero-order valence-corrected chi connectivity index (χ0v) is 10.0. The van der Waals surface area contributed by atoms with Crippen LogP contribution in [0.5, 0.6) is 0 Å². The molecule has 1 N–H and O–H groups in total. The Morgan fingerprint density at radius 2 is 2.06 bits per heavy atom. The maximum Gasteiger partial charge on any atom is 0.141 e. The fraction of sp³-hybridized carbons (Fsp3) is 0.615. The highest BCUT2D eigenvalue weighted by Crippen LogP contribution is 2.26. The number of unbranched alkanes of at least 4 members (excludes halogenated alkanes) is 3.